The van der Waals surface area contributed by atoms with Gasteiger partial charge in [0, 0.05) is 33.2 Å². The Balaban J connectivity index is 2.10. The highest BCUT2D eigenvalue weighted by Gasteiger charge is 2.34. The average molecular weight is 439 g/mol. The molecule has 2 aromatic rings. The summed E-state index contributed by atoms with van der Waals surface area (Å²) in [5, 5.41) is 4.83. The van der Waals surface area contributed by atoms with Crippen LogP contribution in [0.1, 0.15) is 65.1 Å². The Morgan fingerprint density at radius 1 is 1.30 bits per heavy atom. The van der Waals surface area contributed by atoms with Crippen molar-refractivity contribution >= 4 is 10.0 Å². The fourth-order valence-corrected chi connectivity index (χ4v) is 4.83. The predicted octanol–water partition coefficient (Wildman–Crippen LogP) is 3.82. The number of ether oxygens (including phenoxy) is 1. The van der Waals surface area contributed by atoms with E-state index in [2.05, 4.69) is 34.6 Å². The van der Waals surface area contributed by atoms with Crippen molar-refractivity contribution in [2.75, 3.05) is 20.7 Å². The molecule has 9 heteroatoms. The van der Waals surface area contributed by atoms with Crippen molar-refractivity contribution in [2.24, 2.45) is 5.41 Å². The second kappa shape index (κ2) is 7.76. The Labute approximate surface area is 179 Å². The molecule has 0 bridgehead atoms. The first kappa shape index (κ1) is 23.0. The summed E-state index contributed by atoms with van der Waals surface area (Å²) in [6.45, 7) is 12.9. The lowest BCUT2D eigenvalue weighted by Crippen LogP contribution is -2.35. The molecule has 0 spiro atoms. The molecule has 3 heterocycles. The Morgan fingerprint density at radius 2 is 1.97 bits per heavy atom. The largest absolute Gasteiger partial charge is 0.457 e. The highest BCUT2D eigenvalue weighted by Crippen LogP contribution is 2.36. The van der Waals surface area contributed by atoms with Gasteiger partial charge in [0.2, 0.25) is 10.0 Å². The molecule has 168 valence electrons. The molecule has 3 rings (SSSR count). The maximum Gasteiger partial charge on any atom is 0.246 e. The first-order valence-corrected chi connectivity index (χ1v) is 11.8. The molecule has 30 heavy (non-hydrogen) atoms. The van der Waals surface area contributed by atoms with Crippen LogP contribution in [-0.2, 0) is 21.2 Å². The van der Waals surface area contributed by atoms with Gasteiger partial charge >= 0.3 is 0 Å². The van der Waals surface area contributed by atoms with Gasteiger partial charge < -0.3 is 9.15 Å². The quantitative estimate of drug-likeness (QED) is 0.705. The summed E-state index contributed by atoms with van der Waals surface area (Å²) < 4.78 is 40.2. The van der Waals surface area contributed by atoms with Gasteiger partial charge in [-0.1, -0.05) is 20.8 Å². The van der Waals surface area contributed by atoms with Crippen molar-refractivity contribution in [3.63, 3.8) is 0 Å². The Hall–Kier alpha value is -1.71. The van der Waals surface area contributed by atoms with Gasteiger partial charge in [0.25, 0.3) is 0 Å². The SMILES string of the molecule is Cc1oc(-c2nc(CC(C)(C)C)nn2C2CCOC(C)(C)C2)cc1S(=O)(=O)N(C)C. The van der Waals surface area contributed by atoms with Crippen molar-refractivity contribution in [3.8, 4) is 11.6 Å². The van der Waals surface area contributed by atoms with Crippen LogP contribution in [0, 0.1) is 12.3 Å². The number of aromatic nitrogens is 3. The highest BCUT2D eigenvalue weighted by molar-refractivity contribution is 7.89. The van der Waals surface area contributed by atoms with Crippen LogP contribution in [0.5, 0.6) is 0 Å². The van der Waals surface area contributed by atoms with Crippen molar-refractivity contribution in [1.29, 1.82) is 0 Å². The van der Waals surface area contributed by atoms with Crippen LogP contribution in [0.15, 0.2) is 15.4 Å². The topological polar surface area (TPSA) is 90.5 Å². The van der Waals surface area contributed by atoms with E-state index in [0.717, 1.165) is 18.7 Å². The number of hydrogen-bond acceptors (Lipinski definition) is 6. The fourth-order valence-electron chi connectivity index (χ4n) is 3.78. The zero-order valence-electron chi connectivity index (χ0n) is 19.3. The van der Waals surface area contributed by atoms with Gasteiger partial charge in [-0.15, -0.1) is 0 Å². The van der Waals surface area contributed by atoms with Gasteiger partial charge in [-0.25, -0.2) is 22.4 Å². The van der Waals surface area contributed by atoms with E-state index >= 15 is 0 Å². The third kappa shape index (κ3) is 4.78. The second-order valence-corrected chi connectivity index (χ2v) is 12.2. The van der Waals surface area contributed by atoms with Crippen LogP contribution >= 0.6 is 0 Å². The first-order valence-electron chi connectivity index (χ1n) is 10.3. The fraction of sp³-hybridized carbons (Fsp3) is 0.714. The molecule has 0 radical (unpaired) electrons. The predicted molar refractivity (Wildman–Crippen MR) is 115 cm³/mol. The summed E-state index contributed by atoms with van der Waals surface area (Å²) in [6, 6.07) is 1.67. The minimum Gasteiger partial charge on any atom is -0.457 e. The van der Waals surface area contributed by atoms with Crippen LogP contribution in [0.2, 0.25) is 0 Å². The van der Waals surface area contributed by atoms with E-state index in [1.165, 1.54) is 18.4 Å². The van der Waals surface area contributed by atoms with Crippen LogP contribution < -0.4 is 0 Å². The lowest BCUT2D eigenvalue weighted by molar-refractivity contribution is -0.0706. The molecule has 0 saturated carbocycles. The van der Waals surface area contributed by atoms with Crippen molar-refractivity contribution in [3.05, 3.63) is 17.7 Å². The van der Waals surface area contributed by atoms with Crippen LogP contribution in [0.4, 0.5) is 0 Å². The molecule has 1 unspecified atom stereocenters. The Bertz CT molecular complexity index is 1010. The molecule has 2 aromatic heterocycles. The summed E-state index contributed by atoms with van der Waals surface area (Å²) >= 11 is 0. The van der Waals surface area contributed by atoms with E-state index in [9.17, 15) is 8.42 Å². The van der Waals surface area contributed by atoms with E-state index in [4.69, 9.17) is 19.2 Å². The smallest absolute Gasteiger partial charge is 0.246 e. The molecule has 8 nitrogen and oxygen atoms in total. The van der Waals surface area contributed by atoms with Gasteiger partial charge in [-0.05, 0) is 39.0 Å². The minimum absolute atomic E-state index is 0.0247. The van der Waals surface area contributed by atoms with Crippen LogP contribution in [0.3, 0.4) is 0 Å². The first-order chi connectivity index (χ1) is 13.7. The van der Waals surface area contributed by atoms with Crippen molar-refractivity contribution in [1.82, 2.24) is 19.1 Å². The van der Waals surface area contributed by atoms with Gasteiger partial charge in [-0.2, -0.15) is 5.10 Å². The average Bonchev–Trinajstić information content (AvgIpc) is 3.16. The zero-order chi connectivity index (χ0) is 22.5. The van der Waals surface area contributed by atoms with Crippen LogP contribution in [-0.4, -0.2) is 53.8 Å². The summed E-state index contributed by atoms with van der Waals surface area (Å²) in [6.07, 6.45) is 2.32. The molecule has 0 N–H and O–H groups in total. The third-order valence-corrected chi connectivity index (χ3v) is 7.15. The Morgan fingerprint density at radius 3 is 2.53 bits per heavy atom. The maximum absolute atomic E-state index is 12.7. The van der Waals surface area contributed by atoms with Gasteiger partial charge in [0.05, 0.1) is 11.6 Å². The minimum atomic E-state index is -3.61. The number of rotatable bonds is 5. The lowest BCUT2D eigenvalue weighted by Gasteiger charge is -2.35. The van der Waals surface area contributed by atoms with E-state index in [1.54, 1.807) is 13.0 Å². The number of sulfonamides is 1. The third-order valence-electron chi connectivity index (χ3n) is 5.23. The van der Waals surface area contributed by atoms with E-state index in [-0.39, 0.29) is 22.0 Å². The molecule has 1 atom stereocenters. The van der Waals surface area contributed by atoms with E-state index in [1.807, 2.05) is 4.68 Å². The summed E-state index contributed by atoms with van der Waals surface area (Å²) in [7, 11) is -0.592. The summed E-state index contributed by atoms with van der Waals surface area (Å²) in [4.78, 5) is 4.93. The molecule has 0 amide bonds. The molecule has 1 aliphatic rings. The van der Waals surface area contributed by atoms with E-state index < -0.39 is 10.0 Å². The van der Waals surface area contributed by atoms with E-state index in [0.29, 0.717) is 30.4 Å². The standard InChI is InChI=1S/C21H34N4O4S/c1-14-17(30(26,27)24(7)8)11-16(29-14)19-22-18(13-20(2,3)4)23-25(19)15-9-10-28-21(5,6)12-15/h11,15H,9-10,12-13H2,1-8H3. The molecule has 1 fully saturated rings. The molecule has 0 aliphatic carbocycles. The van der Waals surface area contributed by atoms with Gasteiger partial charge in [0.15, 0.2) is 17.4 Å². The zero-order valence-corrected chi connectivity index (χ0v) is 20.1. The number of furan rings is 1. The number of hydrogen-bond donors (Lipinski definition) is 0. The lowest BCUT2D eigenvalue weighted by atomic mass is 9.92. The van der Waals surface area contributed by atoms with Crippen molar-refractivity contribution < 1.29 is 17.6 Å². The number of nitrogens with zero attached hydrogens (tertiary/aromatic N) is 4. The normalized spacial score (nSPS) is 20.1. The monoisotopic (exact) mass is 438 g/mol. The van der Waals surface area contributed by atoms with Gasteiger partial charge in [-0.3, -0.25) is 0 Å². The molecular weight excluding hydrogens is 404 g/mol. The van der Waals surface area contributed by atoms with Gasteiger partial charge in [0.1, 0.15) is 10.7 Å². The highest BCUT2D eigenvalue weighted by atomic mass is 32.2. The summed E-state index contributed by atoms with van der Waals surface area (Å²) in [5.74, 6) is 2.07. The second-order valence-electron chi connectivity index (χ2n) is 10.1. The van der Waals surface area contributed by atoms with Crippen LogP contribution in [0.25, 0.3) is 11.6 Å². The Kier molecular flexibility index (Phi) is 5.94. The summed E-state index contributed by atoms with van der Waals surface area (Å²) in [5.41, 5.74) is -0.230. The molecule has 0 aromatic carbocycles. The molecular formula is C21H34N4O4S. The van der Waals surface area contributed by atoms with Crippen molar-refractivity contribution in [2.45, 2.75) is 77.3 Å². The molecule has 1 aliphatic heterocycles. The maximum atomic E-state index is 12.7. The molecule has 1 saturated heterocycles. The number of aryl methyl sites for hydroxylation is 1.